The number of carbonyl (C=O) groups excluding carboxylic acids is 3. The van der Waals surface area contributed by atoms with E-state index in [2.05, 4.69) is 20.6 Å². The molecular weight excluding hydrogens is 476 g/mol. The lowest BCUT2D eigenvalue weighted by molar-refractivity contribution is -0.227. The van der Waals surface area contributed by atoms with Crippen LogP contribution >= 0.6 is 11.3 Å². The molecule has 2 aromatic rings. The SMILES string of the molecule is CCCN=C(Nc1nc2c(C)cccc2s1)N[C@@H]1OC[C@@H](OC(C)=O)[C@H](OC(C)=O)[C@H]1OC(C)=O. The summed E-state index contributed by atoms with van der Waals surface area (Å²) in [6.07, 6.45) is -3.30. The maximum atomic E-state index is 11.9. The number of nitrogens with one attached hydrogen (secondary N) is 2. The quantitative estimate of drug-likeness (QED) is 0.249. The second-order valence-corrected chi connectivity index (χ2v) is 9.02. The molecule has 2 N–H and O–H groups in total. The van der Waals surface area contributed by atoms with Crippen molar-refractivity contribution < 1.29 is 33.3 Å². The Kier molecular flexibility index (Phi) is 8.99. The Labute approximate surface area is 207 Å². The van der Waals surface area contributed by atoms with E-state index in [1.807, 2.05) is 32.0 Å². The molecule has 4 atom stereocenters. The standard InChI is InChI=1S/C23H30N4O7S/c1-6-10-24-22(27-23-25-18-12(2)8-7-9-17(18)35-23)26-21-20(34-15(5)30)19(33-14(4)29)16(11-31-21)32-13(3)28/h7-9,16,19-21H,6,10-11H2,1-5H3,(H2,24,25,26,27)/t16-,19+,20-,21-/m1/s1. The maximum Gasteiger partial charge on any atom is 0.303 e. The fraction of sp³-hybridized carbons (Fsp3) is 0.522. The van der Waals surface area contributed by atoms with Gasteiger partial charge in [0.1, 0.15) is 0 Å². The number of guanidine groups is 1. The molecular formula is C23H30N4O7S. The average molecular weight is 507 g/mol. The highest BCUT2D eigenvalue weighted by atomic mass is 32.1. The molecule has 1 fully saturated rings. The normalized spacial score (nSPS) is 22.4. The van der Waals surface area contributed by atoms with Gasteiger partial charge in [-0.2, -0.15) is 0 Å². The van der Waals surface area contributed by atoms with Crippen LogP contribution in [0.25, 0.3) is 10.2 Å². The van der Waals surface area contributed by atoms with E-state index in [1.165, 1.54) is 32.1 Å². The van der Waals surface area contributed by atoms with Crippen LogP contribution in [0.5, 0.6) is 0 Å². The van der Waals surface area contributed by atoms with Crippen molar-refractivity contribution in [2.75, 3.05) is 18.5 Å². The summed E-state index contributed by atoms with van der Waals surface area (Å²) in [5.74, 6) is -1.47. The van der Waals surface area contributed by atoms with Gasteiger partial charge >= 0.3 is 17.9 Å². The Hall–Kier alpha value is -3.25. The molecule has 1 aliphatic rings. The van der Waals surface area contributed by atoms with E-state index in [-0.39, 0.29) is 6.61 Å². The monoisotopic (exact) mass is 506 g/mol. The summed E-state index contributed by atoms with van der Waals surface area (Å²) < 4.78 is 23.0. The second kappa shape index (κ2) is 11.9. The van der Waals surface area contributed by atoms with Crippen molar-refractivity contribution >= 4 is 50.6 Å². The summed E-state index contributed by atoms with van der Waals surface area (Å²) in [5, 5.41) is 6.90. The topological polar surface area (TPSA) is 137 Å². The third-order valence-corrected chi connectivity index (χ3v) is 5.90. The molecule has 190 valence electrons. The van der Waals surface area contributed by atoms with Crippen molar-refractivity contribution in [1.29, 1.82) is 0 Å². The minimum Gasteiger partial charge on any atom is -0.456 e. The Morgan fingerprint density at radius 2 is 1.80 bits per heavy atom. The molecule has 1 aliphatic heterocycles. The van der Waals surface area contributed by atoms with Crippen LogP contribution in [0.1, 0.15) is 39.7 Å². The number of esters is 3. The number of aliphatic imine (C=N–C) groups is 1. The van der Waals surface area contributed by atoms with Gasteiger partial charge in [-0.15, -0.1) is 0 Å². The zero-order valence-electron chi connectivity index (χ0n) is 20.3. The van der Waals surface area contributed by atoms with Gasteiger partial charge in [-0.1, -0.05) is 30.4 Å². The molecule has 1 saturated heterocycles. The van der Waals surface area contributed by atoms with Crippen LogP contribution in [-0.2, 0) is 33.3 Å². The predicted octanol–water partition coefficient (Wildman–Crippen LogP) is 2.52. The van der Waals surface area contributed by atoms with E-state index in [1.54, 1.807) is 0 Å². The lowest BCUT2D eigenvalue weighted by atomic mass is 10.0. The molecule has 0 aliphatic carbocycles. The van der Waals surface area contributed by atoms with E-state index in [9.17, 15) is 14.4 Å². The number of fused-ring (bicyclic) bond motifs is 1. The molecule has 0 radical (unpaired) electrons. The fourth-order valence-electron chi connectivity index (χ4n) is 3.59. The Morgan fingerprint density at radius 3 is 2.43 bits per heavy atom. The lowest BCUT2D eigenvalue weighted by Gasteiger charge is -2.40. The van der Waals surface area contributed by atoms with Crippen molar-refractivity contribution in [2.24, 2.45) is 4.99 Å². The number of benzene rings is 1. The molecule has 0 amide bonds. The highest BCUT2D eigenvalue weighted by Gasteiger charge is 2.47. The van der Waals surface area contributed by atoms with Crippen LogP contribution in [0.15, 0.2) is 23.2 Å². The number of ether oxygens (including phenoxy) is 4. The van der Waals surface area contributed by atoms with Gasteiger partial charge in [-0.25, -0.2) is 4.98 Å². The van der Waals surface area contributed by atoms with Crippen molar-refractivity contribution in [1.82, 2.24) is 10.3 Å². The van der Waals surface area contributed by atoms with Crippen molar-refractivity contribution in [2.45, 2.75) is 65.6 Å². The minimum absolute atomic E-state index is 0.0889. The highest BCUT2D eigenvalue weighted by Crippen LogP contribution is 2.28. The third-order valence-electron chi connectivity index (χ3n) is 4.97. The van der Waals surface area contributed by atoms with Crippen LogP contribution in [0.4, 0.5) is 5.13 Å². The first-order valence-electron chi connectivity index (χ1n) is 11.2. The molecule has 3 rings (SSSR count). The number of anilines is 1. The molecule has 12 heteroatoms. The fourth-order valence-corrected chi connectivity index (χ4v) is 4.53. The molecule has 0 unspecified atom stereocenters. The summed E-state index contributed by atoms with van der Waals surface area (Å²) >= 11 is 1.47. The van der Waals surface area contributed by atoms with Crippen LogP contribution in [0.2, 0.25) is 0 Å². The van der Waals surface area contributed by atoms with Crippen molar-refractivity contribution in [3.8, 4) is 0 Å². The Bertz CT molecular complexity index is 1100. The van der Waals surface area contributed by atoms with E-state index in [0.29, 0.717) is 17.6 Å². The number of nitrogens with zero attached hydrogens (tertiary/aromatic N) is 2. The summed E-state index contributed by atoms with van der Waals surface area (Å²) in [6, 6.07) is 5.95. The van der Waals surface area contributed by atoms with Crippen LogP contribution < -0.4 is 10.6 Å². The summed E-state index contributed by atoms with van der Waals surface area (Å²) in [6.45, 7) is 8.08. The second-order valence-electron chi connectivity index (χ2n) is 7.99. The van der Waals surface area contributed by atoms with E-state index in [4.69, 9.17) is 18.9 Å². The van der Waals surface area contributed by atoms with Gasteiger partial charge < -0.3 is 29.6 Å². The number of aryl methyl sites for hydroxylation is 1. The molecule has 2 heterocycles. The number of para-hydroxylation sites is 1. The maximum absolute atomic E-state index is 11.9. The first-order chi connectivity index (χ1) is 16.7. The number of hydrogen-bond acceptors (Lipinski definition) is 10. The van der Waals surface area contributed by atoms with Gasteiger partial charge in [-0.3, -0.25) is 19.4 Å². The zero-order valence-corrected chi connectivity index (χ0v) is 21.1. The van der Waals surface area contributed by atoms with Crippen molar-refractivity contribution in [3.05, 3.63) is 23.8 Å². The first-order valence-corrected chi connectivity index (χ1v) is 12.1. The summed E-state index contributed by atoms with van der Waals surface area (Å²) in [7, 11) is 0. The number of aromatic nitrogens is 1. The third kappa shape index (κ3) is 7.12. The Balaban J connectivity index is 1.87. The van der Waals surface area contributed by atoms with Crippen molar-refractivity contribution in [3.63, 3.8) is 0 Å². The molecule has 0 bridgehead atoms. The van der Waals surface area contributed by atoms with Crippen LogP contribution in [0.3, 0.4) is 0 Å². The first kappa shape index (κ1) is 26.4. The van der Waals surface area contributed by atoms with Gasteiger partial charge in [0.15, 0.2) is 35.6 Å². The van der Waals surface area contributed by atoms with Crippen LogP contribution in [-0.4, -0.2) is 66.5 Å². The molecule has 11 nitrogen and oxygen atoms in total. The van der Waals surface area contributed by atoms with Gasteiger partial charge in [0.25, 0.3) is 0 Å². The number of rotatable bonds is 7. The lowest BCUT2D eigenvalue weighted by Crippen LogP contribution is -2.62. The van der Waals surface area contributed by atoms with Gasteiger partial charge in [0.2, 0.25) is 0 Å². The highest BCUT2D eigenvalue weighted by molar-refractivity contribution is 7.22. The molecule has 1 aromatic carbocycles. The molecule has 1 aromatic heterocycles. The van der Waals surface area contributed by atoms with E-state index >= 15 is 0 Å². The minimum atomic E-state index is -1.11. The zero-order chi connectivity index (χ0) is 25.5. The average Bonchev–Trinajstić information content (AvgIpc) is 3.19. The summed E-state index contributed by atoms with van der Waals surface area (Å²) in [4.78, 5) is 44.4. The molecule has 0 saturated carbocycles. The number of hydrogen-bond donors (Lipinski definition) is 2. The van der Waals surface area contributed by atoms with Gasteiger partial charge in [-0.05, 0) is 25.0 Å². The number of thiazole rings is 1. The van der Waals surface area contributed by atoms with Gasteiger partial charge in [0, 0.05) is 27.3 Å². The Morgan fingerprint density at radius 1 is 1.11 bits per heavy atom. The predicted molar refractivity (Wildman–Crippen MR) is 130 cm³/mol. The van der Waals surface area contributed by atoms with E-state index < -0.39 is 42.4 Å². The smallest absolute Gasteiger partial charge is 0.303 e. The summed E-state index contributed by atoms with van der Waals surface area (Å²) in [5.41, 5.74) is 1.94. The number of carbonyl (C=O) groups is 3. The van der Waals surface area contributed by atoms with Gasteiger partial charge in [0.05, 0.1) is 16.8 Å². The molecule has 35 heavy (non-hydrogen) atoms. The van der Waals surface area contributed by atoms with E-state index in [0.717, 1.165) is 22.2 Å². The molecule has 0 spiro atoms. The largest absolute Gasteiger partial charge is 0.456 e. The van der Waals surface area contributed by atoms with Crippen LogP contribution in [0, 0.1) is 6.92 Å².